The highest BCUT2D eigenvalue weighted by atomic mass is 35.5. The molecule has 1 fully saturated rings. The van der Waals surface area contributed by atoms with Crippen LogP contribution in [0.1, 0.15) is 18.1 Å². The molecule has 3 aromatic rings. The number of hydrogen-bond acceptors (Lipinski definition) is 4. The summed E-state index contributed by atoms with van der Waals surface area (Å²) in [5.41, 5.74) is 3.17. The number of fused-ring (bicyclic) bond motifs is 1. The number of rotatable bonds is 6. The normalized spacial score (nSPS) is 15.4. The van der Waals surface area contributed by atoms with Gasteiger partial charge in [-0.15, -0.1) is 0 Å². The molecule has 0 saturated carbocycles. The van der Waals surface area contributed by atoms with Crippen LogP contribution in [0.4, 0.5) is 8.78 Å². The molecule has 7 heteroatoms. The number of likely N-dealkylation sites (tertiary alicyclic amines) is 1. The summed E-state index contributed by atoms with van der Waals surface area (Å²) < 4.78 is 36.8. The number of phenols is 1. The molecular formula is C28H28ClF2NO3. The number of phenolic OH excluding ortho intramolecular Hbond substituents is 1. The van der Waals surface area contributed by atoms with Gasteiger partial charge in [-0.1, -0.05) is 29.8 Å². The Morgan fingerprint density at radius 3 is 2.57 bits per heavy atom. The van der Waals surface area contributed by atoms with Gasteiger partial charge in [-0.3, -0.25) is 9.29 Å². The van der Waals surface area contributed by atoms with Gasteiger partial charge in [0.25, 0.3) is 0 Å². The van der Waals surface area contributed by atoms with Gasteiger partial charge in [0.05, 0.1) is 6.67 Å². The smallest absolute Gasteiger partial charge is 0.127 e. The zero-order chi connectivity index (χ0) is 24.8. The first-order chi connectivity index (χ1) is 16.9. The second kappa shape index (κ2) is 11.6. The highest BCUT2D eigenvalue weighted by Gasteiger charge is 2.25. The highest BCUT2D eigenvalue weighted by Crippen LogP contribution is 2.40. The predicted molar refractivity (Wildman–Crippen MR) is 135 cm³/mol. The van der Waals surface area contributed by atoms with Crippen molar-refractivity contribution in [2.75, 3.05) is 39.5 Å². The van der Waals surface area contributed by atoms with E-state index in [-0.39, 0.29) is 24.2 Å². The minimum absolute atomic E-state index is 0.165. The molecule has 0 atom stereocenters. The number of alkyl halides is 1. The number of ether oxygens (including phenoxy) is 2. The van der Waals surface area contributed by atoms with Crippen LogP contribution in [0.5, 0.6) is 17.2 Å². The lowest BCUT2D eigenvalue weighted by molar-refractivity contribution is 0.0668. The summed E-state index contributed by atoms with van der Waals surface area (Å²) >= 11 is 6.15. The summed E-state index contributed by atoms with van der Waals surface area (Å²) in [6, 6.07) is 19.0. The minimum Gasteiger partial charge on any atom is -0.508 e. The van der Waals surface area contributed by atoms with Gasteiger partial charge >= 0.3 is 0 Å². The van der Waals surface area contributed by atoms with Crippen LogP contribution in [-0.2, 0) is 0 Å². The van der Waals surface area contributed by atoms with E-state index in [9.17, 15) is 13.9 Å². The largest absolute Gasteiger partial charge is 0.508 e. The number of halogens is 3. The summed E-state index contributed by atoms with van der Waals surface area (Å²) in [4.78, 5) is 2.22. The van der Waals surface area contributed by atoms with Gasteiger partial charge in [0.2, 0.25) is 0 Å². The van der Waals surface area contributed by atoms with Crippen molar-refractivity contribution in [3.8, 4) is 17.2 Å². The molecule has 0 aromatic heterocycles. The third-order valence-electron chi connectivity index (χ3n) is 6.12. The standard InChI is InChI=1S/C16H12ClFO2.C12H16FNO/c1-9-12-7-11(19)3-5-16(12)20-8-14(9)13-6-10(18)2-4-15(13)17;13-8-11-9-14(10-11)6-7-15-12-4-2-1-3-5-12/h2-7,19H,8H2,1H3;1-5,11H,6-10H2. The molecule has 0 aliphatic carbocycles. The lowest BCUT2D eigenvalue weighted by Crippen LogP contribution is -2.49. The van der Waals surface area contributed by atoms with Crippen LogP contribution >= 0.6 is 11.6 Å². The number of nitrogens with zero attached hydrogens (tertiary/aromatic N) is 1. The van der Waals surface area contributed by atoms with E-state index in [4.69, 9.17) is 21.1 Å². The average molecular weight is 500 g/mol. The molecule has 3 aromatic carbocycles. The quantitative estimate of drug-likeness (QED) is 0.422. The second-order valence-corrected chi connectivity index (χ2v) is 9.05. The summed E-state index contributed by atoms with van der Waals surface area (Å²) in [6.45, 7) is 5.40. The van der Waals surface area contributed by atoms with Crippen molar-refractivity contribution in [2.45, 2.75) is 6.92 Å². The summed E-state index contributed by atoms with van der Waals surface area (Å²) in [5, 5.41) is 10.1. The number of aromatic hydroxyl groups is 1. The van der Waals surface area contributed by atoms with Crippen LogP contribution in [0.25, 0.3) is 11.1 Å². The Morgan fingerprint density at radius 1 is 1.06 bits per heavy atom. The van der Waals surface area contributed by atoms with Crippen LogP contribution in [0.2, 0.25) is 5.02 Å². The molecule has 5 rings (SSSR count). The van der Waals surface area contributed by atoms with Gasteiger partial charge < -0.3 is 14.6 Å². The molecule has 35 heavy (non-hydrogen) atoms. The maximum absolute atomic E-state index is 13.4. The van der Waals surface area contributed by atoms with Crippen LogP contribution in [0.3, 0.4) is 0 Å². The first kappa shape index (κ1) is 25.0. The topological polar surface area (TPSA) is 41.9 Å². The van der Waals surface area contributed by atoms with Crippen LogP contribution in [0, 0.1) is 11.7 Å². The van der Waals surface area contributed by atoms with E-state index in [1.54, 1.807) is 18.2 Å². The Morgan fingerprint density at radius 2 is 1.83 bits per heavy atom. The SMILES string of the molecule is CC1=C(c2cc(F)ccc2Cl)COc2ccc(O)cc21.FCC1CN(CCOc2ccccc2)C1. The van der Waals surface area contributed by atoms with Gasteiger partial charge in [0, 0.05) is 47.3 Å². The maximum atomic E-state index is 13.4. The van der Waals surface area contributed by atoms with Crippen LogP contribution in [0.15, 0.2) is 66.7 Å². The van der Waals surface area contributed by atoms with Crippen molar-refractivity contribution < 1.29 is 23.4 Å². The highest BCUT2D eigenvalue weighted by molar-refractivity contribution is 6.32. The molecule has 184 valence electrons. The van der Waals surface area contributed by atoms with Gasteiger partial charge in [0.15, 0.2) is 0 Å². The van der Waals surface area contributed by atoms with Crippen molar-refractivity contribution in [1.29, 1.82) is 0 Å². The van der Waals surface area contributed by atoms with Crippen molar-refractivity contribution in [3.63, 3.8) is 0 Å². The van der Waals surface area contributed by atoms with E-state index in [1.807, 2.05) is 37.3 Å². The number of benzene rings is 3. The monoisotopic (exact) mass is 499 g/mol. The lowest BCUT2D eigenvalue weighted by Gasteiger charge is -2.37. The van der Waals surface area contributed by atoms with E-state index < -0.39 is 0 Å². The molecule has 0 amide bonds. The lowest BCUT2D eigenvalue weighted by atomic mass is 9.93. The summed E-state index contributed by atoms with van der Waals surface area (Å²) in [5.74, 6) is 1.70. The zero-order valence-corrected chi connectivity index (χ0v) is 20.3. The van der Waals surface area contributed by atoms with Gasteiger partial charge in [-0.05, 0) is 61.0 Å². The van der Waals surface area contributed by atoms with Crippen LogP contribution in [-0.4, -0.2) is 49.5 Å². The van der Waals surface area contributed by atoms with Crippen LogP contribution < -0.4 is 9.47 Å². The van der Waals surface area contributed by atoms with E-state index in [1.165, 1.54) is 18.2 Å². The number of para-hydroxylation sites is 1. The van der Waals surface area contributed by atoms with E-state index in [0.717, 1.165) is 42.1 Å². The van der Waals surface area contributed by atoms with E-state index >= 15 is 0 Å². The summed E-state index contributed by atoms with van der Waals surface area (Å²) in [7, 11) is 0. The Labute approximate surface area is 209 Å². The van der Waals surface area contributed by atoms with Gasteiger partial charge in [-0.25, -0.2) is 4.39 Å². The Bertz CT molecular complexity index is 1180. The first-order valence-corrected chi connectivity index (χ1v) is 11.9. The zero-order valence-electron chi connectivity index (χ0n) is 19.5. The molecule has 2 aliphatic rings. The molecule has 0 unspecified atom stereocenters. The molecule has 1 N–H and O–H groups in total. The fraction of sp³-hybridized carbons (Fsp3) is 0.286. The molecule has 1 saturated heterocycles. The fourth-order valence-corrected chi connectivity index (χ4v) is 4.36. The van der Waals surface area contributed by atoms with Gasteiger partial charge in [-0.2, -0.15) is 0 Å². The van der Waals surface area contributed by atoms with Crippen molar-refractivity contribution in [2.24, 2.45) is 5.92 Å². The Kier molecular flexibility index (Phi) is 8.26. The van der Waals surface area contributed by atoms with E-state index in [2.05, 4.69) is 4.90 Å². The molecule has 0 spiro atoms. The molecule has 4 nitrogen and oxygen atoms in total. The average Bonchev–Trinajstić information content (AvgIpc) is 2.84. The molecule has 2 heterocycles. The third-order valence-corrected chi connectivity index (χ3v) is 6.45. The molecular weight excluding hydrogens is 472 g/mol. The Hall–Kier alpha value is -3.09. The summed E-state index contributed by atoms with van der Waals surface area (Å²) in [6.07, 6.45) is 0. The maximum Gasteiger partial charge on any atom is 0.127 e. The molecule has 0 bridgehead atoms. The number of hydrogen-bond donors (Lipinski definition) is 1. The van der Waals surface area contributed by atoms with Crippen molar-refractivity contribution in [3.05, 3.63) is 88.7 Å². The Balaban J connectivity index is 0.000000172. The molecule has 2 aliphatic heterocycles. The molecule has 0 radical (unpaired) electrons. The van der Waals surface area contributed by atoms with Crippen molar-refractivity contribution >= 4 is 22.7 Å². The fourth-order valence-electron chi connectivity index (χ4n) is 4.13. The second-order valence-electron chi connectivity index (χ2n) is 8.64. The van der Waals surface area contributed by atoms with E-state index in [0.29, 0.717) is 29.5 Å². The van der Waals surface area contributed by atoms with Gasteiger partial charge in [0.1, 0.15) is 36.3 Å². The number of allylic oxidation sites excluding steroid dienone is 1. The predicted octanol–water partition coefficient (Wildman–Crippen LogP) is 6.47. The first-order valence-electron chi connectivity index (χ1n) is 11.5. The van der Waals surface area contributed by atoms with Crippen molar-refractivity contribution in [1.82, 2.24) is 4.90 Å². The third kappa shape index (κ3) is 6.32. The minimum atomic E-state index is -0.341.